The lowest BCUT2D eigenvalue weighted by molar-refractivity contribution is -0.141. The number of carbonyl (C=O) groups is 15. The van der Waals surface area contributed by atoms with E-state index in [-0.39, 0.29) is 76.6 Å². The number of hydrogen-bond acceptors (Lipinski definition) is 19. The van der Waals surface area contributed by atoms with Crippen molar-refractivity contribution in [1.29, 1.82) is 5.41 Å². The highest BCUT2D eigenvalue weighted by molar-refractivity contribution is 8.00. The molecule has 0 unspecified atom stereocenters. The van der Waals surface area contributed by atoms with Gasteiger partial charge in [0.15, 0.2) is 5.96 Å². The molecule has 37 nitrogen and oxygen atoms in total. The molecule has 0 radical (unpaired) electrons. The molecule has 6 aromatic rings. The van der Waals surface area contributed by atoms with Gasteiger partial charge in [0.2, 0.25) is 82.7 Å². The van der Waals surface area contributed by atoms with Gasteiger partial charge in [0.05, 0.1) is 25.3 Å². The summed E-state index contributed by atoms with van der Waals surface area (Å²) in [6, 6.07) is 8.26. The first-order chi connectivity index (χ1) is 57.7. The second-order valence-corrected chi connectivity index (χ2v) is 31.9. The molecule has 25 N–H and O–H groups in total. The second kappa shape index (κ2) is 47.6. The molecule has 1 fully saturated rings. The lowest BCUT2D eigenvalue weighted by Crippen LogP contribution is -2.61. The Bertz CT molecular complexity index is 4650. The zero-order valence-electron chi connectivity index (χ0n) is 69.1. The van der Waals surface area contributed by atoms with E-state index in [1.165, 1.54) is 0 Å². The molecule has 1 saturated heterocycles. The number of aliphatic carboxylic acids is 1. The number of guanidine groups is 1. The molecule has 656 valence electrons. The first-order valence-corrected chi connectivity index (χ1v) is 41.8. The first kappa shape index (κ1) is 95.9. The molecule has 4 aromatic carbocycles. The first-order valence-electron chi connectivity index (χ1n) is 40.7. The summed E-state index contributed by atoms with van der Waals surface area (Å²) < 4.78 is 0. The van der Waals surface area contributed by atoms with Crippen molar-refractivity contribution in [2.45, 2.75) is 204 Å². The number of primary amides is 1. The van der Waals surface area contributed by atoms with Crippen LogP contribution in [-0.2, 0) is 91.2 Å². The molecule has 13 atom stereocenters. The fourth-order valence-electron chi connectivity index (χ4n) is 13.7. The van der Waals surface area contributed by atoms with Gasteiger partial charge < -0.3 is 112 Å². The van der Waals surface area contributed by atoms with Crippen LogP contribution in [0.1, 0.15) is 129 Å². The predicted octanol–water partition coefficient (Wildman–Crippen LogP) is -0.596. The highest BCUT2D eigenvalue weighted by Gasteiger charge is 2.39. The minimum absolute atomic E-state index is 0.0103. The number of amides is 14. The summed E-state index contributed by atoms with van der Waals surface area (Å²) in [6.45, 7) is 9.80. The maximum absolute atomic E-state index is 15.2. The van der Waals surface area contributed by atoms with Gasteiger partial charge in [-0.3, -0.25) is 77.3 Å². The molecule has 121 heavy (non-hydrogen) atoms. The third kappa shape index (κ3) is 29.3. The fraction of sp³-hybridized carbons (Fsp3) is 0.494. The fourth-order valence-corrected chi connectivity index (χ4v) is 14.6. The Labute approximate surface area is 704 Å². The maximum Gasteiger partial charge on any atom is 0.305 e. The van der Waals surface area contributed by atoms with Crippen molar-refractivity contribution >= 4 is 139 Å². The number of aliphatic hydroxyl groups is 1. The van der Waals surface area contributed by atoms with E-state index in [4.69, 9.17) is 22.6 Å². The Kier molecular flexibility index (Phi) is 37.7. The molecule has 0 spiro atoms. The molecule has 3 heterocycles. The van der Waals surface area contributed by atoms with E-state index in [0.717, 1.165) is 22.5 Å². The molecule has 2 aromatic heterocycles. The summed E-state index contributed by atoms with van der Waals surface area (Å²) in [4.78, 5) is 222. The van der Waals surface area contributed by atoms with E-state index < -0.39 is 210 Å². The van der Waals surface area contributed by atoms with Crippen LogP contribution in [0, 0.1) is 23.2 Å². The Morgan fingerprint density at radius 3 is 1.50 bits per heavy atom. The lowest BCUT2D eigenvalue weighted by Gasteiger charge is -2.29. The summed E-state index contributed by atoms with van der Waals surface area (Å²) >= 11 is 0.866. The van der Waals surface area contributed by atoms with Gasteiger partial charge in [-0.15, -0.1) is 11.8 Å². The van der Waals surface area contributed by atoms with Gasteiger partial charge in [-0.25, -0.2) is 0 Å². The number of aromatic amines is 2. The number of aromatic nitrogens is 2. The minimum atomic E-state index is -2.00. The Morgan fingerprint density at radius 2 is 0.959 bits per heavy atom. The summed E-state index contributed by atoms with van der Waals surface area (Å²) in [5, 5.41) is 68.1. The quantitative estimate of drug-likeness (QED) is 0.0193. The van der Waals surface area contributed by atoms with Gasteiger partial charge in [0, 0.05) is 65.8 Å². The summed E-state index contributed by atoms with van der Waals surface area (Å²) in [5.74, 6) is -18.2. The van der Waals surface area contributed by atoms with Crippen LogP contribution in [0.15, 0.2) is 103 Å². The van der Waals surface area contributed by atoms with Gasteiger partial charge in [0.1, 0.15) is 72.5 Å². The van der Waals surface area contributed by atoms with Gasteiger partial charge >= 0.3 is 5.97 Å². The monoisotopic (exact) mass is 1700 g/mol. The number of para-hydroxylation sites is 2. The van der Waals surface area contributed by atoms with Crippen LogP contribution in [-0.4, -0.2) is 225 Å². The molecule has 0 saturated carbocycles. The van der Waals surface area contributed by atoms with Crippen LogP contribution in [0.2, 0.25) is 0 Å². The van der Waals surface area contributed by atoms with Crippen LogP contribution < -0.4 is 91.6 Å². The van der Waals surface area contributed by atoms with Crippen molar-refractivity contribution in [2.24, 2.45) is 35.0 Å². The van der Waals surface area contributed by atoms with Crippen molar-refractivity contribution in [3.63, 3.8) is 0 Å². The topological polar surface area (TPSA) is 598 Å². The van der Waals surface area contributed by atoms with E-state index in [9.17, 15) is 63.0 Å². The average molecular weight is 1700 g/mol. The van der Waals surface area contributed by atoms with Crippen molar-refractivity contribution < 1.29 is 82.1 Å². The molecule has 1 aliphatic heterocycles. The standard InChI is InChI=1S/C83H116N20O17S/c1-8-10-24-57-74(112)93-58(27-17-18-31-84)75(113)95-61(36-51-39-90-55-26-16-14-23-53(51)55)79(117)102-69(45(5)6)81(119)100-64(71(85)109)42-121-43-66(106)101-68(44(3)4)80(118)98-59(34-47-29-30-48-20-11-12-21-49(48)33-47)78(116)103-70(46(7)9-2)82(120)99-63(41-104)72(110)91-40-65(105)92-56(28-19-32-88-83(86)87)73(111)97-62(37-67(107)108)77(115)96-60(76(114)94-57)35-50-38-89-54-25-15-13-22-52(50)54/h11-16,20-23,25-26,29-30,33,38-39,44-46,56-64,68-70,89-90,104H,8-10,17-19,24,27-28,31-32,34-37,40-43,84H2,1-7H3,(H2,85,109)(H,91,110)(H,92,105)(H,93,112)(H,94,114)(H,95,113)(H,96,115)(H,97,111)(H,98,118)(H,99,120)(H,100,119)(H,101,106)(H,102,117)(H,103,116)(H,107,108)(H4,86,87,88)/t46-,56-,57-,58-,59-,60-,61-,62-,63-,64-,68-,69-,70-/m0/s1. The van der Waals surface area contributed by atoms with Crippen LogP contribution in [0.25, 0.3) is 32.6 Å². The Morgan fingerprint density at radius 1 is 0.496 bits per heavy atom. The largest absolute Gasteiger partial charge is 0.481 e. The van der Waals surface area contributed by atoms with Crippen molar-refractivity contribution in [2.75, 3.05) is 37.7 Å². The maximum atomic E-state index is 15.2. The summed E-state index contributed by atoms with van der Waals surface area (Å²) in [7, 11) is 0. The highest BCUT2D eigenvalue weighted by Crippen LogP contribution is 2.24. The number of nitrogens with two attached hydrogens (primary N) is 3. The van der Waals surface area contributed by atoms with Crippen molar-refractivity contribution in [3.05, 3.63) is 120 Å². The molecular formula is C83H116N20O17S. The number of thioether (sulfide) groups is 1. The molecular weight excluding hydrogens is 1580 g/mol. The van der Waals surface area contributed by atoms with Crippen molar-refractivity contribution in [1.82, 2.24) is 84.4 Å². The number of H-pyrrole nitrogens is 2. The number of rotatable bonds is 25. The van der Waals surface area contributed by atoms with Gasteiger partial charge in [-0.1, -0.05) is 147 Å². The van der Waals surface area contributed by atoms with E-state index in [2.05, 4.69) is 84.4 Å². The SMILES string of the molecule is CCCC[C@@H]1NC(=O)[C@H](Cc2c[nH]c3ccccc23)NC(=O)[C@H](CC(=O)O)NC(=O)[C@H](CCCNC(=N)N)NC(=O)CNC(=O)[C@H](CO)NC(=O)[C@H]([C@@H](C)CC)NC(=O)[C@H](Cc2ccc3ccccc3c2)NC(=O)[C@H](C(C)C)NC(=O)CSC[C@@H](C(N)=O)NC(=O)[C@H](C(C)C)NC(=O)[C@H](Cc2c[nH]c3ccccc23)NC(=O)[C@H](CCCCN)NC1=O. The number of carbonyl (C=O) groups excluding carboxylic acids is 14. The second-order valence-electron chi connectivity index (χ2n) is 30.8. The zero-order chi connectivity index (χ0) is 88.6. The van der Waals surface area contributed by atoms with Gasteiger partial charge in [-0.2, -0.15) is 0 Å². The van der Waals surface area contributed by atoms with Crippen LogP contribution >= 0.6 is 11.8 Å². The lowest BCUT2D eigenvalue weighted by atomic mass is 9.96. The van der Waals surface area contributed by atoms with Crippen LogP contribution in [0.4, 0.5) is 0 Å². The third-order valence-electron chi connectivity index (χ3n) is 20.8. The Balaban J connectivity index is 1.27. The van der Waals surface area contributed by atoms with E-state index >= 15 is 19.2 Å². The van der Waals surface area contributed by atoms with E-state index in [1.807, 2.05) is 43.3 Å². The van der Waals surface area contributed by atoms with Crippen molar-refractivity contribution in [3.8, 4) is 0 Å². The predicted molar refractivity (Wildman–Crippen MR) is 454 cm³/mol. The molecule has 1 aliphatic rings. The molecule has 0 aliphatic carbocycles. The van der Waals surface area contributed by atoms with Crippen LogP contribution in [0.3, 0.4) is 0 Å². The minimum Gasteiger partial charge on any atom is -0.481 e. The number of benzene rings is 4. The van der Waals surface area contributed by atoms with E-state index in [1.54, 1.807) is 109 Å². The number of carboxylic acids is 1. The number of hydrogen-bond donors (Lipinski definition) is 22. The normalized spacial score (nSPS) is 23.2. The van der Waals surface area contributed by atoms with E-state index in [0.29, 0.717) is 57.8 Å². The van der Waals surface area contributed by atoms with Gasteiger partial charge in [0.25, 0.3) is 0 Å². The number of unbranched alkanes of at least 4 members (excludes halogenated alkanes) is 2. The summed E-state index contributed by atoms with van der Waals surface area (Å²) in [6.07, 6.45) is 2.71. The number of fused-ring (bicyclic) bond motifs is 3. The molecule has 38 heteroatoms. The zero-order valence-corrected chi connectivity index (χ0v) is 69.9. The van der Waals surface area contributed by atoms with Crippen LogP contribution in [0.5, 0.6) is 0 Å². The molecule has 14 amide bonds. The summed E-state index contributed by atoms with van der Waals surface area (Å²) in [5.41, 5.74) is 20.3. The average Bonchev–Trinajstić information content (AvgIpc) is 1.34. The highest BCUT2D eigenvalue weighted by atomic mass is 32.2. The number of nitrogens with one attached hydrogen (secondary N) is 17. The molecule has 0 bridgehead atoms. The smallest absolute Gasteiger partial charge is 0.305 e. The third-order valence-corrected chi connectivity index (χ3v) is 21.8. The Hall–Kier alpha value is -12.2. The number of carboxylic acid groups (broad SMARTS) is 1. The number of aliphatic hydroxyl groups excluding tert-OH is 1. The van der Waals surface area contributed by atoms with Gasteiger partial charge in [-0.05, 0) is 102 Å². The molecule has 7 rings (SSSR count).